The zero-order valence-corrected chi connectivity index (χ0v) is 11.7. The second-order valence-corrected chi connectivity index (χ2v) is 4.99. The molecule has 1 aromatic heterocycles. The Morgan fingerprint density at radius 2 is 2.10 bits per heavy atom. The molecular formula is C16H16N2O2. The summed E-state index contributed by atoms with van der Waals surface area (Å²) in [6, 6.07) is 1.91. The third kappa shape index (κ3) is 1.87. The van der Waals surface area contributed by atoms with Crippen LogP contribution >= 0.6 is 0 Å². The van der Waals surface area contributed by atoms with Crippen LogP contribution in [-0.2, 0) is 6.54 Å². The van der Waals surface area contributed by atoms with Gasteiger partial charge >= 0.3 is 0 Å². The van der Waals surface area contributed by atoms with Gasteiger partial charge in [0.25, 0.3) is 5.56 Å². The van der Waals surface area contributed by atoms with Crippen LogP contribution in [0.5, 0.6) is 5.88 Å². The van der Waals surface area contributed by atoms with E-state index in [2.05, 4.69) is 6.58 Å². The number of allylic oxidation sites excluding steroid dienone is 3. The minimum absolute atomic E-state index is 0.0169. The summed E-state index contributed by atoms with van der Waals surface area (Å²) in [6.45, 7) is 13.0. The normalized spacial score (nSPS) is 14.8. The predicted octanol–water partition coefficient (Wildman–Crippen LogP) is 2.57. The third-order valence-corrected chi connectivity index (χ3v) is 3.81. The van der Waals surface area contributed by atoms with Crippen molar-refractivity contribution < 1.29 is 5.11 Å². The number of nitriles is 1. The molecule has 0 aliphatic heterocycles. The van der Waals surface area contributed by atoms with Crippen LogP contribution in [0.1, 0.15) is 36.5 Å². The predicted molar refractivity (Wildman–Crippen MR) is 77.1 cm³/mol. The molecule has 0 aromatic carbocycles. The highest BCUT2D eigenvalue weighted by atomic mass is 16.3. The molecule has 1 aliphatic carbocycles. The van der Waals surface area contributed by atoms with E-state index in [1.165, 1.54) is 0 Å². The summed E-state index contributed by atoms with van der Waals surface area (Å²) < 4.78 is 1.02. The molecule has 0 saturated heterocycles. The molecule has 1 N–H and O–H groups in total. The van der Waals surface area contributed by atoms with Crippen LogP contribution < -0.4 is 5.56 Å². The summed E-state index contributed by atoms with van der Waals surface area (Å²) >= 11 is 0. The van der Waals surface area contributed by atoms with Crippen molar-refractivity contribution in [2.24, 2.45) is 0 Å². The first kappa shape index (κ1) is 14.1. The molecule has 1 aromatic rings. The van der Waals surface area contributed by atoms with E-state index in [1.807, 2.05) is 13.0 Å². The fourth-order valence-corrected chi connectivity index (χ4v) is 2.70. The van der Waals surface area contributed by atoms with Gasteiger partial charge in [0.15, 0.2) is 0 Å². The Morgan fingerprint density at radius 1 is 1.45 bits per heavy atom. The van der Waals surface area contributed by atoms with E-state index < -0.39 is 5.56 Å². The second kappa shape index (κ2) is 5.01. The molecule has 0 amide bonds. The molecule has 20 heavy (non-hydrogen) atoms. The summed E-state index contributed by atoms with van der Waals surface area (Å²) in [5.74, 6) is -0.189. The van der Waals surface area contributed by atoms with Crippen molar-refractivity contribution in [3.8, 4) is 11.9 Å². The summed E-state index contributed by atoms with van der Waals surface area (Å²) in [6.07, 6.45) is 1.69. The third-order valence-electron chi connectivity index (χ3n) is 3.81. The Labute approximate surface area is 118 Å². The molecule has 0 bridgehead atoms. The molecule has 0 fully saturated rings. The first-order valence-electron chi connectivity index (χ1n) is 6.38. The van der Waals surface area contributed by atoms with Gasteiger partial charge in [-0.25, -0.2) is 0 Å². The Kier molecular flexibility index (Phi) is 3.54. The number of pyridine rings is 1. The lowest BCUT2D eigenvalue weighted by molar-refractivity contribution is 0.413. The van der Waals surface area contributed by atoms with Crippen LogP contribution in [0, 0.1) is 25.2 Å². The van der Waals surface area contributed by atoms with Gasteiger partial charge in [-0.3, -0.25) is 9.36 Å². The van der Waals surface area contributed by atoms with Gasteiger partial charge in [-0.15, -0.1) is 0 Å². The number of aromatic hydroxyl groups is 1. The molecule has 1 aliphatic rings. The van der Waals surface area contributed by atoms with E-state index in [4.69, 9.17) is 6.92 Å². The lowest BCUT2D eigenvalue weighted by Crippen LogP contribution is -2.24. The van der Waals surface area contributed by atoms with Crippen molar-refractivity contribution in [2.75, 3.05) is 0 Å². The molecule has 2 radical (unpaired) electrons. The molecule has 0 spiro atoms. The smallest absolute Gasteiger partial charge is 0.271 e. The van der Waals surface area contributed by atoms with Crippen molar-refractivity contribution in [2.45, 2.75) is 33.2 Å². The number of rotatable bonds is 2. The lowest BCUT2D eigenvalue weighted by Gasteiger charge is -2.17. The molecule has 4 nitrogen and oxygen atoms in total. The zero-order chi connectivity index (χ0) is 15.0. The van der Waals surface area contributed by atoms with Crippen molar-refractivity contribution in [3.63, 3.8) is 0 Å². The summed E-state index contributed by atoms with van der Waals surface area (Å²) in [5, 5.41) is 19.5. The van der Waals surface area contributed by atoms with Gasteiger partial charge < -0.3 is 5.11 Å². The fraction of sp³-hybridized carbons (Fsp3) is 0.312. The Hall–Kier alpha value is -2.28. The van der Waals surface area contributed by atoms with E-state index in [0.717, 1.165) is 34.1 Å². The lowest BCUT2D eigenvalue weighted by atomic mass is 9.94. The SMILES string of the molecule is [CH]Cn1c(O)c(C2=C(C)CCC2=C)c(C)c(C#N)c1=O. The standard InChI is InChI=1S/C16H16N2O2/c1-5-18-15(19)12(8-17)11(4)14(16(18)20)13-9(2)6-7-10(13)3/h1,20H,2,5-7H2,3-4H3. The van der Waals surface area contributed by atoms with Gasteiger partial charge in [0.2, 0.25) is 5.88 Å². The second-order valence-electron chi connectivity index (χ2n) is 4.99. The molecule has 4 heteroatoms. The van der Waals surface area contributed by atoms with Gasteiger partial charge in [0.05, 0.1) is 0 Å². The molecule has 0 atom stereocenters. The molecule has 102 valence electrons. The summed E-state index contributed by atoms with van der Waals surface area (Å²) in [7, 11) is 0. The van der Waals surface area contributed by atoms with Crippen LogP contribution in [0.3, 0.4) is 0 Å². The molecule has 1 heterocycles. The van der Waals surface area contributed by atoms with Crippen LogP contribution in [0.15, 0.2) is 22.5 Å². The van der Waals surface area contributed by atoms with E-state index in [0.29, 0.717) is 11.1 Å². The van der Waals surface area contributed by atoms with Crippen molar-refractivity contribution >= 4 is 5.57 Å². The van der Waals surface area contributed by atoms with E-state index in [9.17, 15) is 15.2 Å². The van der Waals surface area contributed by atoms with Gasteiger partial charge in [-0.05, 0) is 50.3 Å². The molecule has 2 rings (SSSR count). The number of hydrogen-bond acceptors (Lipinski definition) is 3. The summed E-state index contributed by atoms with van der Waals surface area (Å²) in [4.78, 5) is 12.1. The highest BCUT2D eigenvalue weighted by molar-refractivity contribution is 5.87. The minimum Gasteiger partial charge on any atom is -0.494 e. The average molecular weight is 268 g/mol. The Morgan fingerprint density at radius 3 is 2.55 bits per heavy atom. The number of nitrogens with zero attached hydrogens (tertiary/aromatic N) is 2. The van der Waals surface area contributed by atoms with E-state index >= 15 is 0 Å². The maximum atomic E-state index is 12.1. The Balaban J connectivity index is 2.92. The van der Waals surface area contributed by atoms with Gasteiger partial charge in [-0.1, -0.05) is 12.2 Å². The maximum absolute atomic E-state index is 12.1. The van der Waals surface area contributed by atoms with Crippen LogP contribution in [-0.4, -0.2) is 9.67 Å². The molecular weight excluding hydrogens is 252 g/mol. The quantitative estimate of drug-likeness (QED) is 0.896. The van der Waals surface area contributed by atoms with Gasteiger partial charge in [-0.2, -0.15) is 5.26 Å². The van der Waals surface area contributed by atoms with Gasteiger partial charge in [0.1, 0.15) is 11.6 Å². The van der Waals surface area contributed by atoms with E-state index in [1.54, 1.807) is 6.92 Å². The molecule has 0 saturated carbocycles. The molecule has 0 unspecified atom stereocenters. The number of hydrogen-bond donors (Lipinski definition) is 1. The maximum Gasteiger partial charge on any atom is 0.271 e. The fourth-order valence-electron chi connectivity index (χ4n) is 2.70. The minimum atomic E-state index is -0.560. The Bertz CT molecular complexity index is 730. The highest BCUT2D eigenvalue weighted by Crippen LogP contribution is 2.42. The topological polar surface area (TPSA) is 66.0 Å². The van der Waals surface area contributed by atoms with Crippen LogP contribution in [0.2, 0.25) is 0 Å². The highest BCUT2D eigenvalue weighted by Gasteiger charge is 2.26. The van der Waals surface area contributed by atoms with Crippen LogP contribution in [0.25, 0.3) is 5.57 Å². The monoisotopic (exact) mass is 268 g/mol. The zero-order valence-electron chi connectivity index (χ0n) is 11.7. The largest absolute Gasteiger partial charge is 0.494 e. The average Bonchev–Trinajstić information content (AvgIpc) is 2.72. The van der Waals surface area contributed by atoms with E-state index in [-0.39, 0.29) is 18.0 Å². The first-order chi connectivity index (χ1) is 9.43. The first-order valence-corrected chi connectivity index (χ1v) is 6.38. The van der Waals surface area contributed by atoms with Crippen molar-refractivity contribution in [1.82, 2.24) is 4.57 Å². The summed E-state index contributed by atoms with van der Waals surface area (Å²) in [5.41, 5.74) is 3.30. The van der Waals surface area contributed by atoms with Crippen molar-refractivity contribution in [3.05, 3.63) is 51.7 Å². The van der Waals surface area contributed by atoms with Crippen molar-refractivity contribution in [1.29, 1.82) is 5.26 Å². The van der Waals surface area contributed by atoms with Crippen LogP contribution in [0.4, 0.5) is 0 Å². The number of aromatic nitrogens is 1. The van der Waals surface area contributed by atoms with Gasteiger partial charge in [0, 0.05) is 12.1 Å².